The Balaban J connectivity index is 2.61. The van der Waals surface area contributed by atoms with Gasteiger partial charge in [0.05, 0.1) is 11.3 Å². The van der Waals surface area contributed by atoms with Gasteiger partial charge in [-0.15, -0.1) is 0 Å². The van der Waals surface area contributed by atoms with Crippen molar-refractivity contribution < 1.29 is 4.79 Å². The summed E-state index contributed by atoms with van der Waals surface area (Å²) in [5.41, 5.74) is 2.48. The van der Waals surface area contributed by atoms with Crippen molar-refractivity contribution in [1.82, 2.24) is 9.78 Å². The SMILES string of the molecule is CCn1nc(-c2ccc(C)cc2)cc(C=O)c1=O. The monoisotopic (exact) mass is 242 g/mol. The van der Waals surface area contributed by atoms with Crippen molar-refractivity contribution in [3.8, 4) is 11.3 Å². The number of hydrogen-bond donors (Lipinski definition) is 0. The fourth-order valence-electron chi connectivity index (χ4n) is 1.73. The fraction of sp³-hybridized carbons (Fsp3) is 0.214. The van der Waals surface area contributed by atoms with E-state index in [0.717, 1.165) is 11.1 Å². The molecule has 1 heterocycles. The molecule has 0 unspecified atom stereocenters. The predicted molar refractivity (Wildman–Crippen MR) is 69.7 cm³/mol. The molecule has 0 saturated carbocycles. The Labute approximate surface area is 105 Å². The Bertz CT molecular complexity index is 627. The highest BCUT2D eigenvalue weighted by Crippen LogP contribution is 2.16. The van der Waals surface area contributed by atoms with E-state index in [1.807, 2.05) is 38.1 Å². The summed E-state index contributed by atoms with van der Waals surface area (Å²) in [6.07, 6.45) is 0.577. The highest BCUT2D eigenvalue weighted by Gasteiger charge is 2.08. The Morgan fingerprint density at radius 2 is 1.94 bits per heavy atom. The number of carbonyl (C=O) groups is 1. The van der Waals surface area contributed by atoms with Gasteiger partial charge in [0, 0.05) is 12.1 Å². The molecular formula is C14H14N2O2. The molecule has 0 N–H and O–H groups in total. The molecule has 1 aromatic heterocycles. The number of carbonyl (C=O) groups excluding carboxylic acids is 1. The molecule has 1 aromatic carbocycles. The third-order valence-corrected chi connectivity index (χ3v) is 2.78. The molecule has 2 aromatic rings. The number of benzene rings is 1. The third kappa shape index (κ3) is 2.22. The van der Waals surface area contributed by atoms with Crippen molar-refractivity contribution in [3.05, 3.63) is 51.8 Å². The lowest BCUT2D eigenvalue weighted by atomic mass is 10.1. The lowest BCUT2D eigenvalue weighted by Crippen LogP contribution is -2.25. The van der Waals surface area contributed by atoms with E-state index < -0.39 is 0 Å². The lowest BCUT2D eigenvalue weighted by Gasteiger charge is -2.06. The van der Waals surface area contributed by atoms with Crippen LogP contribution in [0.1, 0.15) is 22.8 Å². The molecule has 2 rings (SSSR count). The Kier molecular flexibility index (Phi) is 3.37. The Morgan fingerprint density at radius 3 is 2.50 bits per heavy atom. The first-order valence-corrected chi connectivity index (χ1v) is 5.80. The molecule has 0 saturated heterocycles. The van der Waals surface area contributed by atoms with E-state index in [0.29, 0.717) is 18.5 Å². The smallest absolute Gasteiger partial charge is 0.277 e. The van der Waals surface area contributed by atoms with Crippen LogP contribution in [0.3, 0.4) is 0 Å². The van der Waals surface area contributed by atoms with Crippen LogP contribution in [0.5, 0.6) is 0 Å². The van der Waals surface area contributed by atoms with Crippen LogP contribution in [-0.4, -0.2) is 16.1 Å². The zero-order valence-corrected chi connectivity index (χ0v) is 10.4. The molecular weight excluding hydrogens is 228 g/mol. The van der Waals surface area contributed by atoms with Crippen LogP contribution >= 0.6 is 0 Å². The molecule has 0 bridgehead atoms. The first-order valence-electron chi connectivity index (χ1n) is 5.80. The summed E-state index contributed by atoms with van der Waals surface area (Å²) < 4.78 is 1.30. The first-order chi connectivity index (χ1) is 8.65. The van der Waals surface area contributed by atoms with Crippen LogP contribution in [0.4, 0.5) is 0 Å². The Hall–Kier alpha value is -2.23. The fourth-order valence-corrected chi connectivity index (χ4v) is 1.73. The summed E-state index contributed by atoms with van der Waals surface area (Å²) in [4.78, 5) is 22.6. The van der Waals surface area contributed by atoms with Crippen LogP contribution in [0.15, 0.2) is 35.1 Å². The molecule has 0 aliphatic rings. The summed E-state index contributed by atoms with van der Waals surface area (Å²) in [7, 11) is 0. The minimum Gasteiger partial charge on any atom is -0.298 e. The summed E-state index contributed by atoms with van der Waals surface area (Å²) in [6, 6.07) is 9.33. The largest absolute Gasteiger partial charge is 0.298 e. The van der Waals surface area contributed by atoms with E-state index in [1.54, 1.807) is 0 Å². The Morgan fingerprint density at radius 1 is 1.28 bits per heavy atom. The van der Waals surface area contributed by atoms with Crippen molar-refractivity contribution in [2.45, 2.75) is 20.4 Å². The highest BCUT2D eigenvalue weighted by molar-refractivity contribution is 5.76. The van der Waals surface area contributed by atoms with Crippen LogP contribution in [-0.2, 0) is 6.54 Å². The van der Waals surface area contributed by atoms with E-state index in [1.165, 1.54) is 10.7 Å². The van der Waals surface area contributed by atoms with Gasteiger partial charge in [-0.05, 0) is 19.9 Å². The predicted octanol–water partition coefficient (Wildman–Crippen LogP) is 2.05. The standard InChI is InChI=1S/C14H14N2O2/c1-3-16-14(18)12(9-17)8-13(15-16)11-6-4-10(2)5-7-11/h4-9H,3H2,1-2H3. The van der Waals surface area contributed by atoms with Gasteiger partial charge in [-0.3, -0.25) is 9.59 Å². The molecule has 0 aliphatic heterocycles. The van der Waals surface area contributed by atoms with E-state index in [9.17, 15) is 9.59 Å². The summed E-state index contributed by atoms with van der Waals surface area (Å²) >= 11 is 0. The second-order valence-electron chi connectivity index (χ2n) is 4.09. The van der Waals surface area contributed by atoms with Gasteiger partial charge in [-0.25, -0.2) is 4.68 Å². The average molecular weight is 242 g/mol. The van der Waals surface area contributed by atoms with E-state index >= 15 is 0 Å². The van der Waals surface area contributed by atoms with Gasteiger partial charge >= 0.3 is 0 Å². The van der Waals surface area contributed by atoms with Gasteiger partial charge in [0.2, 0.25) is 0 Å². The molecule has 0 amide bonds. The minimum atomic E-state index is -0.344. The highest BCUT2D eigenvalue weighted by atomic mass is 16.1. The molecule has 4 nitrogen and oxygen atoms in total. The number of aromatic nitrogens is 2. The van der Waals surface area contributed by atoms with Crippen molar-refractivity contribution in [1.29, 1.82) is 0 Å². The second kappa shape index (κ2) is 4.96. The molecule has 0 aliphatic carbocycles. The lowest BCUT2D eigenvalue weighted by molar-refractivity contribution is 0.112. The van der Waals surface area contributed by atoms with Gasteiger partial charge < -0.3 is 0 Å². The number of hydrogen-bond acceptors (Lipinski definition) is 3. The van der Waals surface area contributed by atoms with E-state index in [-0.39, 0.29) is 11.1 Å². The molecule has 92 valence electrons. The van der Waals surface area contributed by atoms with Crippen LogP contribution in [0, 0.1) is 6.92 Å². The maximum atomic E-state index is 11.7. The zero-order chi connectivity index (χ0) is 13.1. The summed E-state index contributed by atoms with van der Waals surface area (Å²) in [6.45, 7) is 4.27. The van der Waals surface area contributed by atoms with E-state index in [2.05, 4.69) is 5.10 Å². The molecule has 0 radical (unpaired) electrons. The molecule has 4 heteroatoms. The molecule has 18 heavy (non-hydrogen) atoms. The first kappa shape index (κ1) is 12.2. The van der Waals surface area contributed by atoms with E-state index in [4.69, 9.17) is 0 Å². The second-order valence-corrected chi connectivity index (χ2v) is 4.09. The summed E-state index contributed by atoms with van der Waals surface area (Å²) in [5.74, 6) is 0. The zero-order valence-electron chi connectivity index (χ0n) is 10.4. The maximum absolute atomic E-state index is 11.7. The van der Waals surface area contributed by atoms with Crippen LogP contribution in [0.2, 0.25) is 0 Å². The van der Waals surface area contributed by atoms with Crippen molar-refractivity contribution in [2.75, 3.05) is 0 Å². The van der Waals surface area contributed by atoms with Gasteiger partial charge in [0.25, 0.3) is 5.56 Å². The number of rotatable bonds is 3. The molecule has 0 fully saturated rings. The van der Waals surface area contributed by atoms with Crippen LogP contribution in [0.25, 0.3) is 11.3 Å². The van der Waals surface area contributed by atoms with Crippen molar-refractivity contribution >= 4 is 6.29 Å². The van der Waals surface area contributed by atoms with Crippen LogP contribution < -0.4 is 5.56 Å². The van der Waals surface area contributed by atoms with Crippen molar-refractivity contribution in [3.63, 3.8) is 0 Å². The number of nitrogens with zero attached hydrogens (tertiary/aromatic N) is 2. The number of aldehydes is 1. The average Bonchev–Trinajstić information content (AvgIpc) is 2.40. The summed E-state index contributed by atoms with van der Waals surface area (Å²) in [5, 5.41) is 4.24. The van der Waals surface area contributed by atoms with Gasteiger partial charge in [-0.1, -0.05) is 29.8 Å². The minimum absolute atomic E-state index is 0.141. The maximum Gasteiger partial charge on any atom is 0.277 e. The van der Waals surface area contributed by atoms with Gasteiger partial charge in [-0.2, -0.15) is 5.10 Å². The quantitative estimate of drug-likeness (QED) is 0.774. The van der Waals surface area contributed by atoms with Crippen molar-refractivity contribution in [2.24, 2.45) is 0 Å². The normalized spacial score (nSPS) is 10.3. The topological polar surface area (TPSA) is 52.0 Å². The third-order valence-electron chi connectivity index (χ3n) is 2.78. The molecule has 0 atom stereocenters. The molecule has 0 spiro atoms. The number of aryl methyl sites for hydroxylation is 2. The van der Waals surface area contributed by atoms with Gasteiger partial charge in [0.1, 0.15) is 0 Å². The van der Waals surface area contributed by atoms with Gasteiger partial charge in [0.15, 0.2) is 6.29 Å².